The lowest BCUT2D eigenvalue weighted by Crippen LogP contribution is -2.46. The summed E-state index contributed by atoms with van der Waals surface area (Å²) in [4.78, 5) is 31.1. The Morgan fingerprint density at radius 1 is 1.09 bits per heavy atom. The van der Waals surface area contributed by atoms with Crippen molar-refractivity contribution in [3.8, 4) is 5.75 Å². The maximum absolute atomic E-state index is 13.9. The summed E-state index contributed by atoms with van der Waals surface area (Å²) >= 11 is 0. The quantitative estimate of drug-likeness (QED) is 0.576. The van der Waals surface area contributed by atoms with E-state index in [0.29, 0.717) is 50.1 Å². The molecule has 1 aliphatic rings. The van der Waals surface area contributed by atoms with E-state index in [-0.39, 0.29) is 17.9 Å². The lowest BCUT2D eigenvalue weighted by Gasteiger charge is -2.35. The van der Waals surface area contributed by atoms with Gasteiger partial charge in [0.15, 0.2) is 0 Å². The molecule has 0 aromatic heterocycles. The number of rotatable bonds is 6. The third-order valence-corrected chi connectivity index (χ3v) is 6.76. The second-order valence-electron chi connectivity index (χ2n) is 9.83. The van der Waals surface area contributed by atoms with Crippen LogP contribution >= 0.6 is 0 Å². The average molecular weight is 481 g/mol. The first-order valence-electron chi connectivity index (χ1n) is 12.7. The van der Waals surface area contributed by atoms with Gasteiger partial charge in [0.25, 0.3) is 11.8 Å². The lowest BCUT2D eigenvalue weighted by molar-refractivity contribution is 0.0544. The Kier molecular flexibility index (Phi) is 9.73. The normalized spacial score (nSPS) is 17.4. The van der Waals surface area contributed by atoms with Crippen molar-refractivity contribution in [3.05, 3.63) is 64.7 Å². The summed E-state index contributed by atoms with van der Waals surface area (Å²) in [7, 11) is 1.64. The Labute approximate surface area is 210 Å². The number of hydrogen-bond acceptors (Lipinski definition) is 4. The van der Waals surface area contributed by atoms with E-state index in [0.717, 1.165) is 36.0 Å². The Morgan fingerprint density at radius 3 is 2.57 bits per heavy atom. The number of para-hydroxylation sites is 1. The monoisotopic (exact) mass is 480 g/mol. The molecule has 0 radical (unpaired) electrons. The molecule has 1 aliphatic heterocycles. The number of hydrogen-bond donors (Lipinski definition) is 0. The van der Waals surface area contributed by atoms with Crippen LogP contribution in [0.5, 0.6) is 5.75 Å². The van der Waals surface area contributed by atoms with Crippen LogP contribution in [0.3, 0.4) is 0 Å². The second kappa shape index (κ2) is 12.7. The standard InChI is InChI=1S/C29H40N2O4/c1-21(2)19-24-20-35-27-14-7-6-12-26(27)28(32)30(17-18-34-5)15-8-9-16-31(24)29(33)25-13-10-11-22(3)23(25)4/h6-7,10-14,21,24H,8-9,15-20H2,1-5H3/t24-/m0/s1. The van der Waals surface area contributed by atoms with Crippen molar-refractivity contribution in [2.75, 3.05) is 40.0 Å². The molecule has 0 spiro atoms. The number of amides is 2. The Bertz CT molecular complexity index is 1000. The molecule has 0 N–H and O–H groups in total. The fourth-order valence-electron chi connectivity index (χ4n) is 4.64. The molecular weight excluding hydrogens is 440 g/mol. The van der Waals surface area contributed by atoms with Gasteiger partial charge in [0.05, 0.1) is 18.2 Å². The minimum Gasteiger partial charge on any atom is -0.491 e. The van der Waals surface area contributed by atoms with Gasteiger partial charge in [-0.2, -0.15) is 0 Å². The summed E-state index contributed by atoms with van der Waals surface area (Å²) in [6.07, 6.45) is 2.44. The molecule has 0 unspecified atom stereocenters. The predicted molar refractivity (Wildman–Crippen MR) is 139 cm³/mol. The molecule has 0 saturated heterocycles. The Hall–Kier alpha value is -2.86. The number of aryl methyl sites for hydroxylation is 1. The summed E-state index contributed by atoms with van der Waals surface area (Å²) < 4.78 is 11.5. The van der Waals surface area contributed by atoms with Gasteiger partial charge in [0, 0.05) is 32.3 Å². The molecule has 1 heterocycles. The second-order valence-corrected chi connectivity index (χ2v) is 9.83. The summed E-state index contributed by atoms with van der Waals surface area (Å²) in [5.74, 6) is 0.972. The van der Waals surface area contributed by atoms with E-state index in [1.165, 1.54) is 0 Å². The molecule has 35 heavy (non-hydrogen) atoms. The molecule has 0 fully saturated rings. The van der Waals surface area contributed by atoms with Crippen LogP contribution in [0.15, 0.2) is 42.5 Å². The molecule has 2 amide bonds. The van der Waals surface area contributed by atoms with Crippen molar-refractivity contribution in [2.45, 2.75) is 53.0 Å². The van der Waals surface area contributed by atoms with Crippen LogP contribution in [-0.4, -0.2) is 67.6 Å². The van der Waals surface area contributed by atoms with E-state index in [9.17, 15) is 9.59 Å². The Balaban J connectivity index is 1.96. The van der Waals surface area contributed by atoms with E-state index >= 15 is 0 Å². The highest BCUT2D eigenvalue weighted by molar-refractivity contribution is 5.97. The maximum atomic E-state index is 13.9. The first-order chi connectivity index (χ1) is 16.8. The summed E-state index contributed by atoms with van der Waals surface area (Å²) in [6, 6.07) is 13.2. The van der Waals surface area contributed by atoms with Crippen molar-refractivity contribution < 1.29 is 19.1 Å². The number of nitrogens with zero attached hydrogens (tertiary/aromatic N) is 2. The van der Waals surface area contributed by atoms with Crippen molar-refractivity contribution >= 4 is 11.8 Å². The highest BCUT2D eigenvalue weighted by Gasteiger charge is 2.29. The zero-order valence-corrected chi connectivity index (χ0v) is 21.9. The van der Waals surface area contributed by atoms with E-state index in [1.807, 2.05) is 66.1 Å². The maximum Gasteiger partial charge on any atom is 0.257 e. The SMILES string of the molecule is COCCN1CCCCN(C(=O)c2cccc(C)c2C)[C@@H](CC(C)C)COc2ccccc2C1=O. The highest BCUT2D eigenvalue weighted by Crippen LogP contribution is 2.25. The number of fused-ring (bicyclic) bond motifs is 1. The molecular formula is C29H40N2O4. The molecule has 0 bridgehead atoms. The van der Waals surface area contributed by atoms with Crippen molar-refractivity contribution in [3.63, 3.8) is 0 Å². The van der Waals surface area contributed by atoms with Gasteiger partial charge in [0.1, 0.15) is 12.4 Å². The van der Waals surface area contributed by atoms with Crippen LogP contribution in [0.25, 0.3) is 0 Å². The molecule has 6 nitrogen and oxygen atoms in total. The number of methoxy groups -OCH3 is 1. The number of carbonyl (C=O) groups excluding carboxylic acids is 2. The van der Waals surface area contributed by atoms with Gasteiger partial charge in [0.2, 0.25) is 0 Å². The van der Waals surface area contributed by atoms with Gasteiger partial charge in [-0.3, -0.25) is 9.59 Å². The third-order valence-electron chi connectivity index (χ3n) is 6.76. The van der Waals surface area contributed by atoms with Crippen LogP contribution in [0, 0.1) is 19.8 Å². The minimum atomic E-state index is -0.0883. The van der Waals surface area contributed by atoms with Crippen LogP contribution in [0.2, 0.25) is 0 Å². The predicted octanol–water partition coefficient (Wildman–Crippen LogP) is 5.12. The molecule has 6 heteroatoms. The van der Waals surface area contributed by atoms with Gasteiger partial charge in [-0.05, 0) is 68.4 Å². The fraction of sp³-hybridized carbons (Fsp3) is 0.517. The van der Waals surface area contributed by atoms with Crippen molar-refractivity contribution in [2.24, 2.45) is 5.92 Å². The topological polar surface area (TPSA) is 59.1 Å². The van der Waals surface area contributed by atoms with Gasteiger partial charge in [-0.15, -0.1) is 0 Å². The Morgan fingerprint density at radius 2 is 1.83 bits per heavy atom. The molecule has 2 aromatic carbocycles. The number of ether oxygens (including phenoxy) is 2. The number of carbonyl (C=O) groups is 2. The van der Waals surface area contributed by atoms with Crippen LogP contribution in [0.1, 0.15) is 65.0 Å². The van der Waals surface area contributed by atoms with E-state index in [2.05, 4.69) is 13.8 Å². The smallest absolute Gasteiger partial charge is 0.257 e. The molecule has 190 valence electrons. The van der Waals surface area contributed by atoms with E-state index in [1.54, 1.807) is 7.11 Å². The fourth-order valence-corrected chi connectivity index (χ4v) is 4.64. The highest BCUT2D eigenvalue weighted by atomic mass is 16.5. The van der Waals surface area contributed by atoms with Crippen LogP contribution in [0.4, 0.5) is 0 Å². The molecule has 0 saturated carbocycles. The first-order valence-corrected chi connectivity index (χ1v) is 12.7. The first kappa shape index (κ1) is 26.7. The summed E-state index contributed by atoms with van der Waals surface area (Å²) in [5.41, 5.74) is 3.45. The van der Waals surface area contributed by atoms with E-state index < -0.39 is 0 Å². The minimum absolute atomic E-state index is 0.0399. The number of benzene rings is 2. The lowest BCUT2D eigenvalue weighted by atomic mass is 9.98. The summed E-state index contributed by atoms with van der Waals surface area (Å²) in [5, 5.41) is 0. The molecule has 1 atom stereocenters. The average Bonchev–Trinajstić information content (AvgIpc) is 2.84. The van der Waals surface area contributed by atoms with Gasteiger partial charge < -0.3 is 19.3 Å². The van der Waals surface area contributed by atoms with E-state index in [4.69, 9.17) is 9.47 Å². The van der Waals surface area contributed by atoms with Gasteiger partial charge in [-0.25, -0.2) is 0 Å². The molecule has 3 rings (SSSR count). The van der Waals surface area contributed by atoms with Crippen LogP contribution in [-0.2, 0) is 4.74 Å². The van der Waals surface area contributed by atoms with Gasteiger partial charge in [-0.1, -0.05) is 38.1 Å². The largest absolute Gasteiger partial charge is 0.491 e. The zero-order chi connectivity index (χ0) is 25.4. The summed E-state index contributed by atoms with van der Waals surface area (Å²) in [6.45, 7) is 11.0. The molecule has 2 aromatic rings. The molecule has 0 aliphatic carbocycles. The van der Waals surface area contributed by atoms with Crippen LogP contribution < -0.4 is 4.74 Å². The van der Waals surface area contributed by atoms with Gasteiger partial charge >= 0.3 is 0 Å². The van der Waals surface area contributed by atoms with Crippen molar-refractivity contribution in [1.82, 2.24) is 9.80 Å². The van der Waals surface area contributed by atoms with Crippen molar-refractivity contribution in [1.29, 1.82) is 0 Å². The third kappa shape index (κ3) is 6.85. The zero-order valence-electron chi connectivity index (χ0n) is 21.9.